The number of fused-ring (bicyclic) bond motifs is 1. The summed E-state index contributed by atoms with van der Waals surface area (Å²) in [6.07, 6.45) is 0.974. The SMILES string of the molecule is CCc1ccc(-c2cc(C(=O)O)c3cc(C(C)C)ccc3n2)s1. The molecule has 4 heteroatoms. The highest BCUT2D eigenvalue weighted by atomic mass is 32.1. The van der Waals surface area contributed by atoms with Gasteiger partial charge < -0.3 is 5.11 Å². The van der Waals surface area contributed by atoms with Crippen molar-refractivity contribution in [3.8, 4) is 10.6 Å². The lowest BCUT2D eigenvalue weighted by atomic mass is 9.98. The number of rotatable bonds is 4. The quantitative estimate of drug-likeness (QED) is 0.703. The van der Waals surface area contributed by atoms with E-state index >= 15 is 0 Å². The molecule has 0 aliphatic rings. The summed E-state index contributed by atoms with van der Waals surface area (Å²) in [6, 6.07) is 11.7. The van der Waals surface area contributed by atoms with E-state index in [2.05, 4.69) is 31.8 Å². The van der Waals surface area contributed by atoms with Crippen LogP contribution < -0.4 is 0 Å². The van der Waals surface area contributed by atoms with E-state index in [4.69, 9.17) is 0 Å². The molecule has 0 unspecified atom stereocenters. The Morgan fingerprint density at radius 3 is 2.61 bits per heavy atom. The van der Waals surface area contributed by atoms with Crippen molar-refractivity contribution in [1.82, 2.24) is 4.98 Å². The fourth-order valence-corrected chi connectivity index (χ4v) is 3.52. The lowest BCUT2D eigenvalue weighted by Gasteiger charge is -2.10. The first-order chi connectivity index (χ1) is 11.0. The molecule has 1 N–H and O–H groups in total. The Kier molecular flexibility index (Phi) is 4.18. The van der Waals surface area contributed by atoms with Gasteiger partial charge in [-0.3, -0.25) is 0 Å². The fourth-order valence-electron chi connectivity index (χ4n) is 2.61. The Bertz CT molecular complexity index is 880. The molecule has 0 spiro atoms. The Morgan fingerprint density at radius 1 is 1.22 bits per heavy atom. The van der Waals surface area contributed by atoms with Gasteiger partial charge >= 0.3 is 5.97 Å². The van der Waals surface area contributed by atoms with Crippen molar-refractivity contribution in [2.75, 3.05) is 0 Å². The highest BCUT2D eigenvalue weighted by Gasteiger charge is 2.15. The van der Waals surface area contributed by atoms with Gasteiger partial charge in [0.05, 0.1) is 21.7 Å². The van der Waals surface area contributed by atoms with Crippen molar-refractivity contribution in [2.45, 2.75) is 33.1 Å². The summed E-state index contributed by atoms with van der Waals surface area (Å²) in [4.78, 5) is 18.7. The minimum Gasteiger partial charge on any atom is -0.478 e. The van der Waals surface area contributed by atoms with Gasteiger partial charge in [-0.25, -0.2) is 9.78 Å². The highest BCUT2D eigenvalue weighted by molar-refractivity contribution is 7.15. The van der Waals surface area contributed by atoms with E-state index < -0.39 is 5.97 Å². The maximum atomic E-state index is 11.7. The summed E-state index contributed by atoms with van der Waals surface area (Å²) in [5.74, 6) is -0.558. The first-order valence-corrected chi connectivity index (χ1v) is 8.58. The third-order valence-electron chi connectivity index (χ3n) is 3.99. The molecule has 2 aromatic heterocycles. The van der Waals surface area contributed by atoms with E-state index in [1.807, 2.05) is 24.3 Å². The van der Waals surface area contributed by atoms with Crippen LogP contribution in [0.1, 0.15) is 47.5 Å². The van der Waals surface area contributed by atoms with Crippen LogP contribution in [0.2, 0.25) is 0 Å². The number of carboxylic acid groups (broad SMARTS) is 1. The second-order valence-electron chi connectivity index (χ2n) is 5.91. The van der Waals surface area contributed by atoms with Gasteiger partial charge in [-0.2, -0.15) is 0 Å². The third-order valence-corrected chi connectivity index (χ3v) is 5.24. The molecule has 0 fully saturated rings. The molecule has 0 atom stereocenters. The summed E-state index contributed by atoms with van der Waals surface area (Å²) in [5.41, 5.74) is 2.91. The van der Waals surface area contributed by atoms with Crippen LogP contribution in [0.3, 0.4) is 0 Å². The highest BCUT2D eigenvalue weighted by Crippen LogP contribution is 2.31. The predicted octanol–water partition coefficient (Wildman–Crippen LogP) is 5.35. The van der Waals surface area contributed by atoms with Crippen molar-refractivity contribution in [3.05, 3.63) is 52.4 Å². The molecule has 23 heavy (non-hydrogen) atoms. The lowest BCUT2D eigenvalue weighted by Crippen LogP contribution is -2.01. The molecule has 2 heterocycles. The molecule has 0 aliphatic heterocycles. The largest absolute Gasteiger partial charge is 0.478 e. The Morgan fingerprint density at radius 2 is 2.00 bits per heavy atom. The van der Waals surface area contributed by atoms with E-state index in [0.717, 1.165) is 28.1 Å². The smallest absolute Gasteiger partial charge is 0.336 e. The van der Waals surface area contributed by atoms with Crippen LogP contribution in [-0.4, -0.2) is 16.1 Å². The molecule has 3 aromatic rings. The summed E-state index contributed by atoms with van der Waals surface area (Å²) in [7, 11) is 0. The Hall–Kier alpha value is -2.20. The number of aromatic nitrogens is 1. The van der Waals surface area contributed by atoms with Crippen LogP contribution in [-0.2, 0) is 6.42 Å². The minimum atomic E-state index is -0.910. The lowest BCUT2D eigenvalue weighted by molar-refractivity contribution is 0.0699. The molecule has 3 rings (SSSR count). The molecule has 1 aromatic carbocycles. The van der Waals surface area contributed by atoms with Crippen molar-refractivity contribution in [2.24, 2.45) is 0 Å². The van der Waals surface area contributed by atoms with Gasteiger partial charge in [0.1, 0.15) is 0 Å². The van der Waals surface area contributed by atoms with Crippen LogP contribution in [0.25, 0.3) is 21.5 Å². The van der Waals surface area contributed by atoms with Crippen LogP contribution in [0.4, 0.5) is 0 Å². The van der Waals surface area contributed by atoms with E-state index in [1.54, 1.807) is 17.4 Å². The number of aromatic carboxylic acids is 1. The van der Waals surface area contributed by atoms with Crippen LogP contribution in [0.5, 0.6) is 0 Å². The van der Waals surface area contributed by atoms with Gasteiger partial charge in [0.25, 0.3) is 0 Å². The number of hydrogen-bond donors (Lipinski definition) is 1. The molecule has 3 nitrogen and oxygen atoms in total. The van der Waals surface area contributed by atoms with Gasteiger partial charge in [0.2, 0.25) is 0 Å². The average molecular weight is 325 g/mol. The number of carbonyl (C=O) groups is 1. The van der Waals surface area contributed by atoms with Crippen molar-refractivity contribution in [1.29, 1.82) is 0 Å². The Labute approximate surface area is 139 Å². The molecule has 118 valence electrons. The van der Waals surface area contributed by atoms with Gasteiger partial charge in [0.15, 0.2) is 0 Å². The monoisotopic (exact) mass is 325 g/mol. The van der Waals surface area contributed by atoms with Crippen LogP contribution >= 0.6 is 11.3 Å². The van der Waals surface area contributed by atoms with Gasteiger partial charge in [0, 0.05) is 10.3 Å². The van der Waals surface area contributed by atoms with E-state index in [1.165, 1.54) is 4.88 Å². The zero-order valence-electron chi connectivity index (χ0n) is 13.5. The number of thiophene rings is 1. The number of benzene rings is 1. The van der Waals surface area contributed by atoms with E-state index in [-0.39, 0.29) is 0 Å². The molecule has 0 saturated carbocycles. The zero-order chi connectivity index (χ0) is 16.6. The summed E-state index contributed by atoms with van der Waals surface area (Å²) < 4.78 is 0. The standard InChI is InChI=1S/C19H19NO2S/c1-4-13-6-8-18(23-13)17-10-15(19(21)22)14-9-12(11(2)3)5-7-16(14)20-17/h5-11H,4H2,1-3H3,(H,21,22). The summed E-state index contributed by atoms with van der Waals surface area (Å²) in [5, 5.41) is 10.3. The first-order valence-electron chi connectivity index (χ1n) is 7.76. The molecule has 0 bridgehead atoms. The Balaban J connectivity index is 2.22. The van der Waals surface area contributed by atoms with Crippen molar-refractivity contribution < 1.29 is 9.90 Å². The molecule has 0 radical (unpaired) electrons. The van der Waals surface area contributed by atoms with Crippen LogP contribution in [0.15, 0.2) is 36.4 Å². The van der Waals surface area contributed by atoms with E-state index in [0.29, 0.717) is 16.9 Å². The molecular weight excluding hydrogens is 306 g/mol. The third kappa shape index (κ3) is 2.99. The second-order valence-corrected chi connectivity index (χ2v) is 7.08. The molecule has 0 saturated heterocycles. The summed E-state index contributed by atoms with van der Waals surface area (Å²) >= 11 is 1.67. The average Bonchev–Trinajstić information content (AvgIpc) is 3.02. The minimum absolute atomic E-state index is 0.318. The maximum Gasteiger partial charge on any atom is 0.336 e. The van der Waals surface area contributed by atoms with Crippen LogP contribution in [0, 0.1) is 0 Å². The maximum absolute atomic E-state index is 11.7. The number of aryl methyl sites for hydroxylation is 1. The van der Waals surface area contributed by atoms with E-state index in [9.17, 15) is 9.90 Å². The predicted molar refractivity (Wildman–Crippen MR) is 95.5 cm³/mol. The van der Waals surface area contributed by atoms with Gasteiger partial charge in [-0.05, 0) is 48.2 Å². The normalized spacial score (nSPS) is 11.3. The van der Waals surface area contributed by atoms with Crippen molar-refractivity contribution >= 4 is 28.2 Å². The number of pyridine rings is 1. The molecular formula is C19H19NO2S. The molecule has 0 aliphatic carbocycles. The molecule has 0 amide bonds. The fraction of sp³-hybridized carbons (Fsp3) is 0.263. The number of nitrogens with zero attached hydrogens (tertiary/aromatic N) is 1. The zero-order valence-corrected chi connectivity index (χ0v) is 14.3. The van der Waals surface area contributed by atoms with Crippen molar-refractivity contribution in [3.63, 3.8) is 0 Å². The summed E-state index contributed by atoms with van der Waals surface area (Å²) in [6.45, 7) is 6.31. The van der Waals surface area contributed by atoms with Gasteiger partial charge in [-0.15, -0.1) is 11.3 Å². The number of hydrogen-bond acceptors (Lipinski definition) is 3. The topological polar surface area (TPSA) is 50.2 Å². The number of carboxylic acids is 1. The van der Waals surface area contributed by atoms with Gasteiger partial charge in [-0.1, -0.05) is 26.8 Å². The second kappa shape index (κ2) is 6.13. The first kappa shape index (κ1) is 15.7.